The van der Waals surface area contributed by atoms with Gasteiger partial charge in [0.25, 0.3) is 0 Å². The van der Waals surface area contributed by atoms with Crippen LogP contribution in [0.4, 0.5) is 8.78 Å². The van der Waals surface area contributed by atoms with Crippen LogP contribution in [0.15, 0.2) is 42.5 Å². The SMILES string of the molecule is OC(Cc1ccccc1F)c1cc(F)cc(Cl)c1. The fourth-order valence-corrected chi connectivity index (χ4v) is 1.99. The highest BCUT2D eigenvalue weighted by Gasteiger charge is 2.13. The first-order valence-corrected chi connectivity index (χ1v) is 5.81. The highest BCUT2D eigenvalue weighted by molar-refractivity contribution is 6.30. The molecule has 1 atom stereocenters. The molecule has 0 radical (unpaired) electrons. The minimum absolute atomic E-state index is 0.0758. The Balaban J connectivity index is 2.22. The van der Waals surface area contributed by atoms with Gasteiger partial charge >= 0.3 is 0 Å². The Bertz CT molecular complexity index is 537. The van der Waals surface area contributed by atoms with Gasteiger partial charge in [0.2, 0.25) is 0 Å². The predicted molar refractivity (Wildman–Crippen MR) is 66.5 cm³/mol. The lowest BCUT2D eigenvalue weighted by Gasteiger charge is -2.12. The summed E-state index contributed by atoms with van der Waals surface area (Å²) in [6, 6.07) is 9.97. The van der Waals surface area contributed by atoms with Gasteiger partial charge in [-0.3, -0.25) is 0 Å². The molecule has 2 rings (SSSR count). The number of hydrogen-bond donors (Lipinski definition) is 1. The van der Waals surface area contributed by atoms with Crippen LogP contribution in [0.3, 0.4) is 0 Å². The van der Waals surface area contributed by atoms with E-state index in [0.717, 1.165) is 6.07 Å². The second-order valence-corrected chi connectivity index (χ2v) is 4.45. The molecule has 2 aromatic carbocycles. The normalized spacial score (nSPS) is 12.4. The molecule has 0 saturated heterocycles. The van der Waals surface area contributed by atoms with E-state index in [1.54, 1.807) is 18.2 Å². The molecule has 0 saturated carbocycles. The van der Waals surface area contributed by atoms with Gasteiger partial charge < -0.3 is 5.11 Å². The Morgan fingerprint density at radius 1 is 1.11 bits per heavy atom. The molecule has 1 N–H and O–H groups in total. The maximum Gasteiger partial charge on any atom is 0.126 e. The standard InChI is InChI=1S/C14H11ClF2O/c15-11-5-10(6-12(16)8-11)14(18)7-9-3-1-2-4-13(9)17/h1-6,8,14,18H,7H2. The van der Waals surface area contributed by atoms with Gasteiger partial charge in [0.1, 0.15) is 11.6 Å². The summed E-state index contributed by atoms with van der Waals surface area (Å²) in [6.45, 7) is 0. The number of halogens is 3. The summed E-state index contributed by atoms with van der Waals surface area (Å²) < 4.78 is 26.5. The third-order valence-electron chi connectivity index (χ3n) is 2.64. The molecule has 0 bridgehead atoms. The molecule has 0 aliphatic carbocycles. The number of benzene rings is 2. The average Bonchev–Trinajstić information content (AvgIpc) is 2.31. The summed E-state index contributed by atoms with van der Waals surface area (Å²) in [5, 5.41) is 10.2. The van der Waals surface area contributed by atoms with Crippen molar-refractivity contribution < 1.29 is 13.9 Å². The molecule has 0 heterocycles. The van der Waals surface area contributed by atoms with Crippen molar-refractivity contribution in [2.45, 2.75) is 12.5 Å². The van der Waals surface area contributed by atoms with Crippen LogP contribution in [0.1, 0.15) is 17.2 Å². The van der Waals surface area contributed by atoms with E-state index in [1.807, 2.05) is 0 Å². The van der Waals surface area contributed by atoms with Gasteiger partial charge in [-0.15, -0.1) is 0 Å². The molecule has 1 nitrogen and oxygen atoms in total. The van der Waals surface area contributed by atoms with Gasteiger partial charge in [-0.1, -0.05) is 29.8 Å². The molecule has 0 aliphatic heterocycles. The van der Waals surface area contributed by atoms with E-state index in [4.69, 9.17) is 11.6 Å². The minimum atomic E-state index is -0.991. The lowest BCUT2D eigenvalue weighted by atomic mass is 10.0. The van der Waals surface area contributed by atoms with Crippen LogP contribution >= 0.6 is 11.6 Å². The van der Waals surface area contributed by atoms with Gasteiger partial charge in [-0.05, 0) is 35.4 Å². The van der Waals surface area contributed by atoms with Crippen LogP contribution in [0.2, 0.25) is 5.02 Å². The van der Waals surface area contributed by atoms with Crippen molar-refractivity contribution in [2.75, 3.05) is 0 Å². The average molecular weight is 269 g/mol. The maximum absolute atomic E-state index is 13.4. The third-order valence-corrected chi connectivity index (χ3v) is 2.86. The fourth-order valence-electron chi connectivity index (χ4n) is 1.76. The zero-order valence-electron chi connectivity index (χ0n) is 9.41. The molecule has 0 aliphatic rings. The zero-order chi connectivity index (χ0) is 13.1. The molecule has 18 heavy (non-hydrogen) atoms. The van der Waals surface area contributed by atoms with Crippen LogP contribution < -0.4 is 0 Å². The molecular formula is C14H11ClF2O. The van der Waals surface area contributed by atoms with E-state index < -0.39 is 11.9 Å². The van der Waals surface area contributed by atoms with Crippen LogP contribution in [-0.2, 0) is 6.42 Å². The zero-order valence-corrected chi connectivity index (χ0v) is 10.2. The highest BCUT2D eigenvalue weighted by atomic mass is 35.5. The number of aliphatic hydroxyl groups excluding tert-OH is 1. The second kappa shape index (κ2) is 5.46. The Labute approximate surface area is 109 Å². The number of hydrogen-bond acceptors (Lipinski definition) is 1. The Kier molecular flexibility index (Phi) is 3.94. The molecule has 0 spiro atoms. The molecule has 0 amide bonds. The highest BCUT2D eigenvalue weighted by Crippen LogP contribution is 2.23. The summed E-state index contributed by atoms with van der Waals surface area (Å²) in [4.78, 5) is 0. The van der Waals surface area contributed by atoms with Crippen LogP contribution in [0.25, 0.3) is 0 Å². The molecule has 2 aromatic rings. The minimum Gasteiger partial charge on any atom is -0.388 e. The summed E-state index contributed by atoms with van der Waals surface area (Å²) in [5.74, 6) is -0.913. The van der Waals surface area contributed by atoms with E-state index in [2.05, 4.69) is 0 Å². The largest absolute Gasteiger partial charge is 0.388 e. The second-order valence-electron chi connectivity index (χ2n) is 4.01. The fraction of sp³-hybridized carbons (Fsp3) is 0.143. The summed E-state index contributed by atoms with van der Waals surface area (Å²) in [5.41, 5.74) is 0.716. The van der Waals surface area contributed by atoms with Crippen molar-refractivity contribution in [1.29, 1.82) is 0 Å². The summed E-state index contributed by atoms with van der Waals surface area (Å²) in [6.07, 6.45) is -0.915. The van der Waals surface area contributed by atoms with Crippen LogP contribution in [0.5, 0.6) is 0 Å². The summed E-state index contributed by atoms with van der Waals surface area (Å²) in [7, 11) is 0. The van der Waals surface area contributed by atoms with Crippen LogP contribution in [-0.4, -0.2) is 5.11 Å². The molecule has 4 heteroatoms. The Morgan fingerprint density at radius 3 is 2.50 bits per heavy atom. The quantitative estimate of drug-likeness (QED) is 0.895. The van der Waals surface area contributed by atoms with E-state index in [-0.39, 0.29) is 17.3 Å². The topological polar surface area (TPSA) is 20.2 Å². The third kappa shape index (κ3) is 3.06. The van der Waals surface area contributed by atoms with Gasteiger partial charge in [-0.25, -0.2) is 8.78 Å². The maximum atomic E-state index is 13.4. The Hall–Kier alpha value is -1.45. The molecule has 0 fully saturated rings. The summed E-state index contributed by atoms with van der Waals surface area (Å²) >= 11 is 5.70. The lowest BCUT2D eigenvalue weighted by Crippen LogP contribution is -2.04. The van der Waals surface area contributed by atoms with Crippen molar-refractivity contribution >= 4 is 11.6 Å². The van der Waals surface area contributed by atoms with Crippen molar-refractivity contribution in [3.8, 4) is 0 Å². The molecular weight excluding hydrogens is 258 g/mol. The van der Waals surface area contributed by atoms with Crippen molar-refractivity contribution in [3.05, 3.63) is 70.2 Å². The number of aliphatic hydroxyl groups is 1. The van der Waals surface area contributed by atoms with Crippen LogP contribution in [0, 0.1) is 11.6 Å². The molecule has 0 aromatic heterocycles. The van der Waals surface area contributed by atoms with Crippen molar-refractivity contribution in [2.24, 2.45) is 0 Å². The first-order valence-electron chi connectivity index (χ1n) is 5.44. The number of rotatable bonds is 3. The van der Waals surface area contributed by atoms with Crippen molar-refractivity contribution in [1.82, 2.24) is 0 Å². The molecule has 94 valence electrons. The lowest BCUT2D eigenvalue weighted by molar-refractivity contribution is 0.176. The van der Waals surface area contributed by atoms with Crippen molar-refractivity contribution in [3.63, 3.8) is 0 Å². The van der Waals surface area contributed by atoms with Gasteiger partial charge in [0.05, 0.1) is 6.10 Å². The predicted octanol–water partition coefficient (Wildman–Crippen LogP) is 3.89. The van der Waals surface area contributed by atoms with E-state index in [9.17, 15) is 13.9 Å². The smallest absolute Gasteiger partial charge is 0.126 e. The molecule has 1 unspecified atom stereocenters. The Morgan fingerprint density at radius 2 is 1.83 bits per heavy atom. The van der Waals surface area contributed by atoms with E-state index in [1.165, 1.54) is 18.2 Å². The van der Waals surface area contributed by atoms with E-state index in [0.29, 0.717) is 11.1 Å². The van der Waals surface area contributed by atoms with Gasteiger partial charge in [0.15, 0.2) is 0 Å². The van der Waals surface area contributed by atoms with Gasteiger partial charge in [-0.2, -0.15) is 0 Å². The monoisotopic (exact) mass is 268 g/mol. The first-order chi connectivity index (χ1) is 8.56. The van der Waals surface area contributed by atoms with Gasteiger partial charge in [0, 0.05) is 11.4 Å². The first kappa shape index (κ1) is 13.0. The van der Waals surface area contributed by atoms with E-state index >= 15 is 0 Å².